The Hall–Kier alpha value is -2.72. The zero-order valence-electron chi connectivity index (χ0n) is 16.4. The number of amides is 2. The van der Waals surface area contributed by atoms with Crippen LogP contribution < -0.4 is 4.90 Å². The van der Waals surface area contributed by atoms with Gasteiger partial charge in [0.05, 0.1) is 31.2 Å². The standard InChI is InChI=1S/C19H24FN3O6/c1-13(24)23(19(25)28-12-26-2)11-15-10-17(21-29-15)14-3-4-18(16(20)9-14)22-5-7-27-8-6-22/h3-4,9,15H,5-8,10-12H2,1-2H3. The van der Waals surface area contributed by atoms with Crippen molar-refractivity contribution < 1.29 is 33.0 Å². The number of rotatable bonds is 6. The number of carbonyl (C=O) groups excluding carboxylic acids is 2. The van der Waals surface area contributed by atoms with E-state index in [4.69, 9.17) is 14.3 Å². The van der Waals surface area contributed by atoms with Crippen LogP contribution in [0.2, 0.25) is 0 Å². The van der Waals surface area contributed by atoms with Crippen LogP contribution in [-0.4, -0.2) is 75.5 Å². The third kappa shape index (κ3) is 5.21. The summed E-state index contributed by atoms with van der Waals surface area (Å²) in [5, 5.41) is 4.01. The van der Waals surface area contributed by atoms with E-state index in [2.05, 4.69) is 9.89 Å². The van der Waals surface area contributed by atoms with Gasteiger partial charge in [0, 0.05) is 39.1 Å². The Labute approximate surface area is 167 Å². The zero-order valence-corrected chi connectivity index (χ0v) is 16.4. The Morgan fingerprint density at radius 3 is 2.76 bits per heavy atom. The van der Waals surface area contributed by atoms with Crippen molar-refractivity contribution in [1.82, 2.24) is 4.90 Å². The number of benzene rings is 1. The molecule has 2 aliphatic rings. The maximum absolute atomic E-state index is 14.6. The lowest BCUT2D eigenvalue weighted by Gasteiger charge is -2.29. The Morgan fingerprint density at radius 2 is 2.10 bits per heavy atom. The molecule has 1 atom stereocenters. The first kappa shape index (κ1) is 21.0. The highest BCUT2D eigenvalue weighted by Gasteiger charge is 2.30. The van der Waals surface area contributed by atoms with Crippen molar-refractivity contribution in [2.75, 3.05) is 51.7 Å². The Balaban J connectivity index is 1.61. The number of hydrogen-bond donors (Lipinski definition) is 0. The average Bonchev–Trinajstić information content (AvgIpc) is 3.19. The minimum atomic E-state index is -0.822. The maximum atomic E-state index is 14.6. The van der Waals surface area contributed by atoms with E-state index in [1.807, 2.05) is 4.90 Å². The number of nitrogens with zero attached hydrogens (tertiary/aromatic N) is 3. The van der Waals surface area contributed by atoms with E-state index in [-0.39, 0.29) is 19.2 Å². The van der Waals surface area contributed by atoms with E-state index >= 15 is 0 Å². The number of ether oxygens (including phenoxy) is 3. The van der Waals surface area contributed by atoms with E-state index in [1.165, 1.54) is 20.1 Å². The summed E-state index contributed by atoms with van der Waals surface area (Å²) in [6.07, 6.45) is -1.03. The highest BCUT2D eigenvalue weighted by atomic mass is 19.1. The van der Waals surface area contributed by atoms with Crippen LogP contribution in [0, 0.1) is 5.82 Å². The Morgan fingerprint density at radius 1 is 1.34 bits per heavy atom. The summed E-state index contributed by atoms with van der Waals surface area (Å²) < 4.78 is 29.4. The van der Waals surface area contributed by atoms with Crippen LogP contribution in [-0.2, 0) is 23.8 Å². The second-order valence-electron chi connectivity index (χ2n) is 6.68. The maximum Gasteiger partial charge on any atom is 0.418 e. The molecule has 1 unspecified atom stereocenters. The monoisotopic (exact) mass is 409 g/mol. The molecule has 9 nitrogen and oxygen atoms in total. The number of morpholine rings is 1. The number of anilines is 1. The molecule has 0 N–H and O–H groups in total. The molecule has 10 heteroatoms. The van der Waals surface area contributed by atoms with Crippen molar-refractivity contribution >= 4 is 23.4 Å². The van der Waals surface area contributed by atoms with Gasteiger partial charge < -0.3 is 23.9 Å². The first-order valence-electron chi connectivity index (χ1n) is 9.28. The van der Waals surface area contributed by atoms with E-state index in [9.17, 15) is 14.0 Å². The molecule has 0 radical (unpaired) electrons. The number of methoxy groups -OCH3 is 1. The summed E-state index contributed by atoms with van der Waals surface area (Å²) in [5.74, 6) is -0.826. The highest BCUT2D eigenvalue weighted by molar-refractivity contribution is 6.01. The summed E-state index contributed by atoms with van der Waals surface area (Å²) >= 11 is 0. The van der Waals surface area contributed by atoms with Gasteiger partial charge in [0.25, 0.3) is 0 Å². The van der Waals surface area contributed by atoms with E-state index < -0.39 is 18.1 Å². The SMILES string of the molecule is COCOC(=O)N(CC1CC(c2ccc(N3CCOCC3)c(F)c2)=NO1)C(C)=O. The number of imide groups is 1. The molecule has 2 aliphatic heterocycles. The first-order chi connectivity index (χ1) is 14.0. The minimum absolute atomic E-state index is 0.0285. The van der Waals surface area contributed by atoms with Crippen molar-refractivity contribution in [1.29, 1.82) is 0 Å². The zero-order chi connectivity index (χ0) is 20.8. The van der Waals surface area contributed by atoms with Crippen LogP contribution in [0.3, 0.4) is 0 Å². The van der Waals surface area contributed by atoms with Crippen molar-refractivity contribution in [2.24, 2.45) is 5.16 Å². The van der Waals surface area contributed by atoms with Crippen LogP contribution in [0.15, 0.2) is 23.4 Å². The van der Waals surface area contributed by atoms with Crippen LogP contribution >= 0.6 is 0 Å². The van der Waals surface area contributed by atoms with Gasteiger partial charge in [-0.05, 0) is 12.1 Å². The fourth-order valence-corrected chi connectivity index (χ4v) is 3.17. The largest absolute Gasteiger partial charge is 0.422 e. The van der Waals surface area contributed by atoms with Gasteiger partial charge in [-0.3, -0.25) is 4.79 Å². The van der Waals surface area contributed by atoms with E-state index in [0.29, 0.717) is 49.7 Å². The molecule has 0 aliphatic carbocycles. The summed E-state index contributed by atoms with van der Waals surface area (Å²) in [4.78, 5) is 31.9. The van der Waals surface area contributed by atoms with Gasteiger partial charge in [-0.2, -0.15) is 0 Å². The normalized spacial score (nSPS) is 18.8. The van der Waals surface area contributed by atoms with Gasteiger partial charge >= 0.3 is 6.09 Å². The molecule has 0 bridgehead atoms. The molecule has 1 aromatic carbocycles. The molecule has 29 heavy (non-hydrogen) atoms. The molecule has 0 saturated carbocycles. The third-order valence-electron chi connectivity index (χ3n) is 4.65. The molecule has 1 fully saturated rings. The molecule has 158 valence electrons. The lowest BCUT2D eigenvalue weighted by Crippen LogP contribution is -2.41. The third-order valence-corrected chi connectivity index (χ3v) is 4.65. The van der Waals surface area contributed by atoms with Gasteiger partial charge in [-0.15, -0.1) is 0 Å². The molecule has 0 spiro atoms. The minimum Gasteiger partial charge on any atom is -0.422 e. The average molecular weight is 409 g/mol. The number of carbonyl (C=O) groups is 2. The smallest absolute Gasteiger partial charge is 0.418 e. The summed E-state index contributed by atoms with van der Waals surface area (Å²) in [7, 11) is 1.37. The van der Waals surface area contributed by atoms with Crippen molar-refractivity contribution in [3.05, 3.63) is 29.6 Å². The number of halogens is 1. The first-order valence-corrected chi connectivity index (χ1v) is 9.28. The van der Waals surface area contributed by atoms with Crippen LogP contribution in [0.1, 0.15) is 18.9 Å². The van der Waals surface area contributed by atoms with Gasteiger partial charge in [0.1, 0.15) is 5.82 Å². The summed E-state index contributed by atoms with van der Waals surface area (Å²) in [6, 6.07) is 4.93. The van der Waals surface area contributed by atoms with Crippen molar-refractivity contribution in [3.8, 4) is 0 Å². The van der Waals surface area contributed by atoms with E-state index in [0.717, 1.165) is 4.90 Å². The second kappa shape index (κ2) is 9.66. The number of oxime groups is 1. The fourth-order valence-electron chi connectivity index (χ4n) is 3.17. The molecular weight excluding hydrogens is 385 g/mol. The second-order valence-corrected chi connectivity index (χ2v) is 6.68. The highest BCUT2D eigenvalue weighted by Crippen LogP contribution is 2.25. The molecule has 1 saturated heterocycles. The van der Waals surface area contributed by atoms with Gasteiger partial charge in [0.15, 0.2) is 12.9 Å². The van der Waals surface area contributed by atoms with Crippen LogP contribution in [0.5, 0.6) is 0 Å². The summed E-state index contributed by atoms with van der Waals surface area (Å²) in [5.41, 5.74) is 1.67. The van der Waals surface area contributed by atoms with Gasteiger partial charge in [-0.25, -0.2) is 14.1 Å². The topological polar surface area (TPSA) is 89.9 Å². The van der Waals surface area contributed by atoms with E-state index in [1.54, 1.807) is 12.1 Å². The predicted octanol–water partition coefficient (Wildman–Crippen LogP) is 1.74. The molecule has 1 aromatic rings. The van der Waals surface area contributed by atoms with Crippen molar-refractivity contribution in [3.63, 3.8) is 0 Å². The van der Waals surface area contributed by atoms with Crippen molar-refractivity contribution in [2.45, 2.75) is 19.4 Å². The quantitative estimate of drug-likeness (QED) is 0.661. The molecular formula is C19H24FN3O6. The lowest BCUT2D eigenvalue weighted by molar-refractivity contribution is -0.129. The molecule has 2 heterocycles. The summed E-state index contributed by atoms with van der Waals surface area (Å²) in [6.45, 7) is 3.39. The van der Waals surface area contributed by atoms with Crippen LogP contribution in [0.4, 0.5) is 14.9 Å². The van der Waals surface area contributed by atoms with Gasteiger partial charge in [-0.1, -0.05) is 11.2 Å². The molecule has 2 amide bonds. The fraction of sp³-hybridized carbons (Fsp3) is 0.526. The Kier molecular flexibility index (Phi) is 6.99. The molecule has 0 aromatic heterocycles. The van der Waals surface area contributed by atoms with Gasteiger partial charge in [0.2, 0.25) is 5.91 Å². The predicted molar refractivity (Wildman–Crippen MR) is 101 cm³/mol. The van der Waals surface area contributed by atoms with Crippen LogP contribution in [0.25, 0.3) is 0 Å². The molecule has 3 rings (SSSR count). The Bertz CT molecular complexity index is 781. The lowest BCUT2D eigenvalue weighted by atomic mass is 10.0. The number of hydrogen-bond acceptors (Lipinski definition) is 8.